The minimum Gasteiger partial charge on any atom is -0.508 e. The second-order valence-electron chi connectivity index (χ2n) is 8.32. The van der Waals surface area contributed by atoms with Crippen LogP contribution in [0.1, 0.15) is 37.4 Å². The van der Waals surface area contributed by atoms with Gasteiger partial charge in [0.2, 0.25) is 0 Å². The van der Waals surface area contributed by atoms with Crippen LogP contribution >= 0.6 is 0 Å². The first-order valence-corrected chi connectivity index (χ1v) is 11.6. The van der Waals surface area contributed by atoms with Crippen molar-refractivity contribution in [3.8, 4) is 17.2 Å². The molecule has 8 nitrogen and oxygen atoms in total. The Kier molecular flexibility index (Phi) is 7.07. The quantitative estimate of drug-likeness (QED) is 0.350. The molecule has 1 unspecified atom stereocenters. The van der Waals surface area contributed by atoms with E-state index >= 15 is 0 Å². The number of rotatable bonds is 8. The molecule has 34 heavy (non-hydrogen) atoms. The topological polar surface area (TPSA) is 99.5 Å². The summed E-state index contributed by atoms with van der Waals surface area (Å²) in [5.41, 5.74) is 1.03. The molecule has 2 aromatic rings. The fraction of sp³-hybridized carbons (Fsp3) is 0.385. The van der Waals surface area contributed by atoms with Gasteiger partial charge in [0.1, 0.15) is 24.7 Å². The van der Waals surface area contributed by atoms with Gasteiger partial charge in [0.25, 0.3) is 11.7 Å². The van der Waals surface area contributed by atoms with Crippen molar-refractivity contribution in [2.24, 2.45) is 0 Å². The number of benzene rings is 2. The molecule has 0 bridgehead atoms. The lowest BCUT2D eigenvalue weighted by Crippen LogP contribution is -2.33. The lowest BCUT2D eigenvalue weighted by Gasteiger charge is -2.27. The van der Waals surface area contributed by atoms with Gasteiger partial charge in [-0.25, -0.2) is 0 Å². The Labute approximate surface area is 199 Å². The molecule has 2 heterocycles. The van der Waals surface area contributed by atoms with E-state index in [4.69, 9.17) is 9.47 Å². The largest absolute Gasteiger partial charge is 0.508 e. The molecule has 2 aliphatic rings. The number of amides is 1. The summed E-state index contributed by atoms with van der Waals surface area (Å²) < 4.78 is 11.2. The summed E-state index contributed by atoms with van der Waals surface area (Å²) in [5.74, 6) is -0.515. The van der Waals surface area contributed by atoms with Crippen molar-refractivity contribution in [2.75, 3.05) is 39.4 Å². The van der Waals surface area contributed by atoms with Crippen LogP contribution in [0.15, 0.2) is 48.0 Å². The average molecular weight is 467 g/mol. The number of phenols is 1. The Hall–Kier alpha value is -3.52. The number of hydrogen-bond acceptors (Lipinski definition) is 7. The van der Waals surface area contributed by atoms with E-state index in [1.807, 2.05) is 0 Å². The zero-order valence-electron chi connectivity index (χ0n) is 19.5. The third-order valence-corrected chi connectivity index (χ3v) is 6.33. The van der Waals surface area contributed by atoms with Crippen molar-refractivity contribution in [2.45, 2.75) is 26.3 Å². The molecule has 2 N–H and O–H groups in total. The first kappa shape index (κ1) is 23.6. The molecule has 2 aliphatic heterocycles. The summed E-state index contributed by atoms with van der Waals surface area (Å²) in [5, 5.41) is 21.0. The van der Waals surface area contributed by atoms with Crippen molar-refractivity contribution in [3.05, 3.63) is 59.2 Å². The number of carbonyl (C=O) groups is 2. The van der Waals surface area contributed by atoms with E-state index < -0.39 is 17.7 Å². The third kappa shape index (κ3) is 4.59. The minimum atomic E-state index is -0.759. The molecule has 8 heteroatoms. The number of aliphatic hydroxyl groups excluding tert-OH is 1. The van der Waals surface area contributed by atoms with E-state index in [9.17, 15) is 19.8 Å². The van der Waals surface area contributed by atoms with Gasteiger partial charge in [-0.2, -0.15) is 0 Å². The van der Waals surface area contributed by atoms with Gasteiger partial charge in [0.05, 0.1) is 11.6 Å². The number of nitrogens with zero attached hydrogens (tertiary/aromatic N) is 2. The number of Topliss-reactive ketones (excluding diaryl/α,β-unsaturated/α-hetero) is 1. The van der Waals surface area contributed by atoms with Gasteiger partial charge in [-0.3, -0.25) is 9.59 Å². The van der Waals surface area contributed by atoms with Crippen LogP contribution in [0.3, 0.4) is 0 Å². The van der Waals surface area contributed by atoms with Gasteiger partial charge in [-0.1, -0.05) is 26.0 Å². The number of likely N-dealkylation sites (tertiary alicyclic amines) is 1. The highest BCUT2D eigenvalue weighted by Crippen LogP contribution is 2.41. The highest BCUT2D eigenvalue weighted by Gasteiger charge is 2.45. The van der Waals surface area contributed by atoms with E-state index in [-0.39, 0.29) is 17.1 Å². The van der Waals surface area contributed by atoms with Gasteiger partial charge in [0, 0.05) is 12.1 Å². The molecule has 1 fully saturated rings. The van der Waals surface area contributed by atoms with Gasteiger partial charge in [-0.05, 0) is 62.0 Å². The molecule has 0 radical (unpaired) electrons. The molecule has 0 saturated carbocycles. The average Bonchev–Trinajstić information content (AvgIpc) is 3.11. The van der Waals surface area contributed by atoms with Gasteiger partial charge in [0.15, 0.2) is 11.5 Å². The fourth-order valence-electron chi connectivity index (χ4n) is 4.46. The number of aliphatic hydroxyl groups is 1. The molecule has 4 rings (SSSR count). The Morgan fingerprint density at radius 2 is 1.71 bits per heavy atom. The predicted octanol–water partition coefficient (Wildman–Crippen LogP) is 3.32. The number of fused-ring (bicyclic) bond motifs is 1. The molecule has 180 valence electrons. The predicted molar refractivity (Wildman–Crippen MR) is 127 cm³/mol. The van der Waals surface area contributed by atoms with Crippen molar-refractivity contribution < 1.29 is 29.3 Å². The minimum absolute atomic E-state index is 0.0233. The summed E-state index contributed by atoms with van der Waals surface area (Å²) >= 11 is 0. The fourth-order valence-corrected chi connectivity index (χ4v) is 4.46. The maximum atomic E-state index is 13.2. The van der Waals surface area contributed by atoms with Crippen LogP contribution in [0.5, 0.6) is 17.2 Å². The summed E-state index contributed by atoms with van der Waals surface area (Å²) in [6.07, 6.45) is 0.688. The highest BCUT2D eigenvalue weighted by molar-refractivity contribution is 6.46. The van der Waals surface area contributed by atoms with Crippen LogP contribution < -0.4 is 9.47 Å². The number of hydrogen-bond donors (Lipinski definition) is 2. The van der Waals surface area contributed by atoms with E-state index in [2.05, 4.69) is 18.7 Å². The lowest BCUT2D eigenvalue weighted by molar-refractivity contribution is -0.140. The van der Waals surface area contributed by atoms with Crippen LogP contribution in [0.25, 0.3) is 5.76 Å². The number of ketones is 1. The summed E-state index contributed by atoms with van der Waals surface area (Å²) in [6, 6.07) is 10.5. The zero-order chi connectivity index (χ0) is 24.2. The van der Waals surface area contributed by atoms with E-state index in [1.165, 1.54) is 17.0 Å². The Bertz CT molecular complexity index is 1090. The van der Waals surface area contributed by atoms with Gasteiger partial charge in [-0.15, -0.1) is 0 Å². The second-order valence-corrected chi connectivity index (χ2v) is 8.32. The monoisotopic (exact) mass is 466 g/mol. The Morgan fingerprint density at radius 3 is 2.38 bits per heavy atom. The molecule has 1 saturated heterocycles. The third-order valence-electron chi connectivity index (χ3n) is 6.33. The van der Waals surface area contributed by atoms with Crippen molar-refractivity contribution in [1.29, 1.82) is 0 Å². The van der Waals surface area contributed by atoms with Crippen LogP contribution in [0.4, 0.5) is 0 Å². The standard InChI is InChI=1S/C26H30N2O6/c1-3-27(4-2)12-5-13-28-23(17-6-9-19(29)10-7-17)22(25(31)26(28)32)24(30)18-8-11-20-21(16-18)34-15-14-33-20/h6-11,16,23,29-30H,3-5,12-15H2,1-2H3/b24-22-. The second kappa shape index (κ2) is 10.2. The maximum absolute atomic E-state index is 13.2. The number of ether oxygens (including phenoxy) is 2. The first-order valence-electron chi connectivity index (χ1n) is 11.6. The van der Waals surface area contributed by atoms with Crippen molar-refractivity contribution in [1.82, 2.24) is 9.80 Å². The van der Waals surface area contributed by atoms with Crippen LogP contribution in [0.2, 0.25) is 0 Å². The normalized spacial score (nSPS) is 19.1. The molecule has 2 aromatic carbocycles. The Morgan fingerprint density at radius 1 is 1.03 bits per heavy atom. The maximum Gasteiger partial charge on any atom is 0.295 e. The molecule has 0 aromatic heterocycles. The molecule has 1 amide bonds. The zero-order valence-corrected chi connectivity index (χ0v) is 19.5. The number of carbonyl (C=O) groups excluding carboxylic acids is 2. The first-order chi connectivity index (χ1) is 16.4. The van der Waals surface area contributed by atoms with Gasteiger partial charge >= 0.3 is 0 Å². The van der Waals surface area contributed by atoms with Crippen LogP contribution in [0, 0.1) is 0 Å². The van der Waals surface area contributed by atoms with Crippen LogP contribution in [-0.2, 0) is 9.59 Å². The van der Waals surface area contributed by atoms with Crippen molar-refractivity contribution in [3.63, 3.8) is 0 Å². The molecule has 1 atom stereocenters. The summed E-state index contributed by atoms with van der Waals surface area (Å²) in [6.45, 7) is 7.96. The molecule has 0 aliphatic carbocycles. The molecular weight excluding hydrogens is 436 g/mol. The SMILES string of the molecule is CCN(CC)CCCN1C(=O)C(=O)/C(=C(\O)c2ccc3c(c2)OCCO3)C1c1ccc(O)cc1. The summed E-state index contributed by atoms with van der Waals surface area (Å²) in [7, 11) is 0. The van der Waals surface area contributed by atoms with E-state index in [0.29, 0.717) is 48.8 Å². The van der Waals surface area contributed by atoms with Crippen LogP contribution in [-0.4, -0.2) is 71.1 Å². The van der Waals surface area contributed by atoms with Gasteiger partial charge < -0.3 is 29.5 Å². The molecular formula is C26H30N2O6. The van der Waals surface area contributed by atoms with Crippen molar-refractivity contribution >= 4 is 17.4 Å². The van der Waals surface area contributed by atoms with E-state index in [1.54, 1.807) is 30.3 Å². The lowest BCUT2D eigenvalue weighted by atomic mass is 9.95. The summed E-state index contributed by atoms with van der Waals surface area (Å²) in [4.78, 5) is 30.0. The number of aromatic hydroxyl groups is 1. The highest BCUT2D eigenvalue weighted by atomic mass is 16.6. The Balaban J connectivity index is 1.72. The number of phenolic OH excluding ortho intramolecular Hbond substituents is 1. The van der Waals surface area contributed by atoms with E-state index in [0.717, 1.165) is 19.6 Å². The molecule has 0 spiro atoms. The smallest absolute Gasteiger partial charge is 0.295 e.